The average molecular weight is 362 g/mol. The lowest BCUT2D eigenvalue weighted by molar-refractivity contribution is 0.349. The zero-order chi connectivity index (χ0) is 19.0. The number of rotatable bonds is 3. The van der Waals surface area contributed by atoms with Crippen molar-refractivity contribution in [2.24, 2.45) is 0 Å². The van der Waals surface area contributed by atoms with Crippen molar-refractivity contribution in [2.45, 2.75) is 6.42 Å². The standard InChI is InChI=1S/C21H22N4O2/c1-26-19-9-14-7-8-24-13-25(17-5-3-16(23)4-6-17)12-15(11-22)21(24)18(14)10-20(19)27-2/h3-6,9-10H,7-8,12-13,23H2,1-2H3. The Morgan fingerprint density at radius 1 is 1.04 bits per heavy atom. The van der Waals surface area contributed by atoms with E-state index in [0.717, 1.165) is 53.6 Å². The van der Waals surface area contributed by atoms with Crippen molar-refractivity contribution in [3.8, 4) is 17.6 Å². The number of benzene rings is 2. The first kappa shape index (κ1) is 17.1. The number of nitriles is 1. The number of hydrogen-bond acceptors (Lipinski definition) is 6. The molecule has 2 heterocycles. The summed E-state index contributed by atoms with van der Waals surface area (Å²) in [5.74, 6) is 1.41. The van der Waals surface area contributed by atoms with E-state index >= 15 is 0 Å². The van der Waals surface area contributed by atoms with Crippen LogP contribution in [0.25, 0.3) is 5.70 Å². The number of nitrogens with two attached hydrogens (primary N) is 1. The Morgan fingerprint density at radius 3 is 2.41 bits per heavy atom. The van der Waals surface area contributed by atoms with Crippen LogP contribution < -0.4 is 20.1 Å². The van der Waals surface area contributed by atoms with Gasteiger partial charge >= 0.3 is 0 Å². The summed E-state index contributed by atoms with van der Waals surface area (Å²) < 4.78 is 10.9. The first-order valence-corrected chi connectivity index (χ1v) is 8.88. The number of anilines is 2. The van der Waals surface area contributed by atoms with Gasteiger partial charge in [0.2, 0.25) is 0 Å². The van der Waals surface area contributed by atoms with Crippen LogP contribution in [-0.4, -0.2) is 38.9 Å². The molecule has 4 rings (SSSR count). The molecule has 0 bridgehead atoms. The van der Waals surface area contributed by atoms with Gasteiger partial charge in [0, 0.05) is 23.5 Å². The largest absolute Gasteiger partial charge is 0.493 e. The summed E-state index contributed by atoms with van der Waals surface area (Å²) in [5.41, 5.74) is 11.6. The van der Waals surface area contributed by atoms with Crippen LogP contribution in [-0.2, 0) is 6.42 Å². The topological polar surface area (TPSA) is 74.8 Å². The minimum Gasteiger partial charge on any atom is -0.493 e. The summed E-state index contributed by atoms with van der Waals surface area (Å²) in [4.78, 5) is 4.47. The highest BCUT2D eigenvalue weighted by molar-refractivity contribution is 5.78. The predicted octanol–water partition coefficient (Wildman–Crippen LogP) is 2.86. The highest BCUT2D eigenvalue weighted by atomic mass is 16.5. The van der Waals surface area contributed by atoms with Crippen molar-refractivity contribution in [1.29, 1.82) is 5.26 Å². The summed E-state index contributed by atoms with van der Waals surface area (Å²) in [6.07, 6.45) is 0.896. The number of hydrogen-bond donors (Lipinski definition) is 1. The van der Waals surface area contributed by atoms with E-state index in [1.165, 1.54) is 5.56 Å². The molecule has 0 aliphatic carbocycles. The summed E-state index contributed by atoms with van der Waals surface area (Å²) in [5, 5.41) is 9.85. The highest BCUT2D eigenvalue weighted by Crippen LogP contribution is 2.40. The number of methoxy groups -OCH3 is 2. The maximum absolute atomic E-state index is 9.85. The number of nitrogen functional groups attached to an aromatic ring is 1. The first-order chi connectivity index (χ1) is 13.1. The first-order valence-electron chi connectivity index (χ1n) is 8.88. The second-order valence-corrected chi connectivity index (χ2v) is 6.75. The summed E-state index contributed by atoms with van der Waals surface area (Å²) >= 11 is 0. The fourth-order valence-electron chi connectivity index (χ4n) is 3.85. The molecule has 0 unspecified atom stereocenters. The van der Waals surface area contributed by atoms with Crippen molar-refractivity contribution in [3.05, 3.63) is 53.1 Å². The summed E-state index contributed by atoms with van der Waals surface area (Å²) in [6.45, 7) is 2.16. The van der Waals surface area contributed by atoms with Gasteiger partial charge in [-0.2, -0.15) is 5.26 Å². The monoisotopic (exact) mass is 362 g/mol. The molecule has 0 saturated heterocycles. The molecular formula is C21H22N4O2. The molecule has 0 aromatic heterocycles. The van der Waals surface area contributed by atoms with Crippen LogP contribution >= 0.6 is 0 Å². The van der Waals surface area contributed by atoms with Gasteiger partial charge in [0.15, 0.2) is 11.5 Å². The van der Waals surface area contributed by atoms with Gasteiger partial charge < -0.3 is 25.0 Å². The fourth-order valence-corrected chi connectivity index (χ4v) is 3.85. The molecule has 2 aliphatic rings. The number of fused-ring (bicyclic) bond motifs is 3. The molecule has 0 atom stereocenters. The molecule has 6 nitrogen and oxygen atoms in total. The maximum atomic E-state index is 9.85. The van der Waals surface area contributed by atoms with Crippen molar-refractivity contribution >= 4 is 17.1 Å². The van der Waals surface area contributed by atoms with E-state index in [1.54, 1.807) is 14.2 Å². The molecule has 0 amide bonds. The third kappa shape index (κ3) is 2.91. The Kier molecular flexibility index (Phi) is 4.28. The van der Waals surface area contributed by atoms with Gasteiger partial charge in [0.05, 0.1) is 44.8 Å². The van der Waals surface area contributed by atoms with E-state index in [2.05, 4.69) is 15.9 Å². The Bertz CT molecular complexity index is 944. The van der Waals surface area contributed by atoms with E-state index in [4.69, 9.17) is 15.2 Å². The van der Waals surface area contributed by atoms with Gasteiger partial charge in [0.25, 0.3) is 0 Å². The van der Waals surface area contributed by atoms with Gasteiger partial charge in [-0.1, -0.05) is 0 Å². The molecule has 0 radical (unpaired) electrons. The maximum Gasteiger partial charge on any atom is 0.161 e. The Balaban J connectivity index is 1.78. The smallest absolute Gasteiger partial charge is 0.161 e. The zero-order valence-electron chi connectivity index (χ0n) is 15.5. The quantitative estimate of drug-likeness (QED) is 0.847. The Hall–Kier alpha value is -3.33. The Labute approximate surface area is 159 Å². The van der Waals surface area contributed by atoms with Gasteiger partial charge in [-0.15, -0.1) is 0 Å². The van der Waals surface area contributed by atoms with E-state index in [-0.39, 0.29) is 0 Å². The molecule has 2 aromatic rings. The van der Waals surface area contributed by atoms with Crippen LogP contribution in [0.3, 0.4) is 0 Å². The lowest BCUT2D eigenvalue weighted by atomic mass is 9.92. The number of nitrogens with zero attached hydrogens (tertiary/aromatic N) is 3. The van der Waals surface area contributed by atoms with Crippen LogP contribution in [0.2, 0.25) is 0 Å². The third-order valence-corrected chi connectivity index (χ3v) is 5.20. The van der Waals surface area contributed by atoms with Crippen molar-refractivity contribution in [2.75, 3.05) is 44.6 Å². The molecule has 2 aliphatic heterocycles. The van der Waals surface area contributed by atoms with E-state index in [0.29, 0.717) is 12.3 Å². The second-order valence-electron chi connectivity index (χ2n) is 6.75. The molecule has 138 valence electrons. The summed E-state index contributed by atoms with van der Waals surface area (Å²) in [6, 6.07) is 14.2. The molecule has 2 N–H and O–H groups in total. The third-order valence-electron chi connectivity index (χ3n) is 5.20. The average Bonchev–Trinajstić information content (AvgIpc) is 2.72. The lowest BCUT2D eigenvalue weighted by Gasteiger charge is -2.43. The molecule has 2 aromatic carbocycles. The second kappa shape index (κ2) is 6.76. The minimum atomic E-state index is 0.569. The molecule has 0 fully saturated rings. The molecule has 0 saturated carbocycles. The van der Waals surface area contributed by atoms with E-state index in [1.807, 2.05) is 36.4 Å². The van der Waals surface area contributed by atoms with Crippen LogP contribution in [0.15, 0.2) is 42.0 Å². The van der Waals surface area contributed by atoms with Crippen LogP contribution in [0.4, 0.5) is 11.4 Å². The van der Waals surface area contributed by atoms with Crippen molar-refractivity contribution in [1.82, 2.24) is 4.90 Å². The summed E-state index contributed by atoms with van der Waals surface area (Å²) in [7, 11) is 3.28. The molecular weight excluding hydrogens is 340 g/mol. The fraction of sp³-hybridized carbons (Fsp3) is 0.286. The van der Waals surface area contributed by atoms with E-state index in [9.17, 15) is 5.26 Å². The minimum absolute atomic E-state index is 0.569. The molecule has 6 heteroatoms. The van der Waals surface area contributed by atoms with Crippen molar-refractivity contribution < 1.29 is 9.47 Å². The highest BCUT2D eigenvalue weighted by Gasteiger charge is 2.31. The van der Waals surface area contributed by atoms with Gasteiger partial charge in [-0.3, -0.25) is 0 Å². The normalized spacial score (nSPS) is 15.7. The molecule has 27 heavy (non-hydrogen) atoms. The van der Waals surface area contributed by atoms with Crippen LogP contribution in [0.1, 0.15) is 11.1 Å². The van der Waals surface area contributed by atoms with Gasteiger partial charge in [-0.05, 0) is 48.4 Å². The lowest BCUT2D eigenvalue weighted by Crippen LogP contribution is -2.45. The van der Waals surface area contributed by atoms with Crippen LogP contribution in [0, 0.1) is 11.3 Å². The number of ether oxygens (including phenoxy) is 2. The van der Waals surface area contributed by atoms with E-state index < -0.39 is 0 Å². The van der Waals surface area contributed by atoms with Crippen molar-refractivity contribution in [3.63, 3.8) is 0 Å². The molecule has 0 spiro atoms. The van der Waals surface area contributed by atoms with Crippen LogP contribution in [0.5, 0.6) is 11.5 Å². The zero-order valence-corrected chi connectivity index (χ0v) is 15.5. The SMILES string of the molecule is COc1cc2c(cc1OC)C1=C(C#N)CN(c3ccc(N)cc3)CN1CC2. The van der Waals surface area contributed by atoms with Gasteiger partial charge in [-0.25, -0.2) is 0 Å². The van der Waals surface area contributed by atoms with Gasteiger partial charge in [0.1, 0.15) is 0 Å². The Morgan fingerprint density at radius 2 is 1.74 bits per heavy atom. The predicted molar refractivity (Wildman–Crippen MR) is 106 cm³/mol.